The van der Waals surface area contributed by atoms with Crippen LogP contribution in [-0.2, 0) is 9.84 Å². The van der Waals surface area contributed by atoms with Gasteiger partial charge in [-0.15, -0.1) is 0 Å². The molecule has 0 fully saturated rings. The fraction of sp³-hybridized carbons (Fsp3) is 0.571. The van der Waals surface area contributed by atoms with Crippen molar-refractivity contribution < 1.29 is 17.9 Å². The Morgan fingerprint density at radius 1 is 1.33 bits per heavy atom. The van der Waals surface area contributed by atoms with Gasteiger partial charge in [-0.3, -0.25) is 0 Å². The molecule has 0 aromatic heterocycles. The van der Waals surface area contributed by atoms with E-state index in [9.17, 15) is 8.42 Å². The maximum Gasteiger partial charge on any atom is 0.231 e. The summed E-state index contributed by atoms with van der Waals surface area (Å²) in [6, 6.07) is 5.97. The Morgan fingerprint density at radius 2 is 2.05 bits per heavy atom. The maximum absolute atomic E-state index is 11.2. The summed E-state index contributed by atoms with van der Waals surface area (Å²) in [5, 5.41) is 3.25. The van der Waals surface area contributed by atoms with Gasteiger partial charge in [0.05, 0.1) is 5.75 Å². The van der Waals surface area contributed by atoms with E-state index in [1.165, 1.54) is 6.26 Å². The van der Waals surface area contributed by atoms with Crippen LogP contribution in [0.3, 0.4) is 0 Å². The summed E-state index contributed by atoms with van der Waals surface area (Å²) in [6.45, 7) is 1.49. The summed E-state index contributed by atoms with van der Waals surface area (Å²) < 4.78 is 33.1. The molecule has 21 heavy (non-hydrogen) atoms. The Hall–Kier alpha value is -1.31. The van der Waals surface area contributed by atoms with E-state index in [2.05, 4.69) is 5.32 Å². The van der Waals surface area contributed by atoms with Crippen LogP contribution in [-0.4, -0.2) is 59.3 Å². The number of ether oxygens (including phenoxy) is 2. The third-order valence-electron chi connectivity index (χ3n) is 3.49. The Labute approximate surface area is 126 Å². The van der Waals surface area contributed by atoms with E-state index in [1.807, 2.05) is 37.2 Å². The maximum atomic E-state index is 11.2. The number of nitrogens with one attached hydrogen (secondary N) is 1. The van der Waals surface area contributed by atoms with E-state index in [0.717, 1.165) is 17.1 Å². The van der Waals surface area contributed by atoms with Crippen LogP contribution in [0.1, 0.15) is 11.6 Å². The molecule has 0 bridgehead atoms. The third-order valence-corrected chi connectivity index (χ3v) is 4.41. The van der Waals surface area contributed by atoms with Gasteiger partial charge in [-0.25, -0.2) is 8.42 Å². The molecule has 1 aliphatic heterocycles. The van der Waals surface area contributed by atoms with Crippen molar-refractivity contribution in [1.82, 2.24) is 10.2 Å². The molecule has 1 aliphatic rings. The van der Waals surface area contributed by atoms with Crippen LogP contribution in [0.5, 0.6) is 11.5 Å². The summed E-state index contributed by atoms with van der Waals surface area (Å²) in [6.07, 6.45) is 1.26. The number of sulfone groups is 1. The molecule has 2 rings (SSSR count). The normalized spacial score (nSPS) is 15.4. The van der Waals surface area contributed by atoms with Crippen LogP contribution in [0.4, 0.5) is 0 Å². The average Bonchev–Trinajstić information content (AvgIpc) is 2.89. The molecule has 1 atom stereocenters. The van der Waals surface area contributed by atoms with E-state index in [-0.39, 0.29) is 18.6 Å². The lowest BCUT2D eigenvalue weighted by atomic mass is 10.1. The minimum absolute atomic E-state index is 0.101. The van der Waals surface area contributed by atoms with E-state index in [0.29, 0.717) is 13.1 Å². The smallest absolute Gasteiger partial charge is 0.231 e. The van der Waals surface area contributed by atoms with Gasteiger partial charge in [0.2, 0.25) is 6.79 Å². The van der Waals surface area contributed by atoms with E-state index in [4.69, 9.17) is 9.47 Å². The Kier molecular flexibility index (Phi) is 5.08. The first-order valence-electron chi connectivity index (χ1n) is 6.82. The van der Waals surface area contributed by atoms with Crippen molar-refractivity contribution in [2.75, 3.05) is 46.0 Å². The molecule has 0 aliphatic carbocycles. The Bertz CT molecular complexity index is 589. The van der Waals surface area contributed by atoms with Crippen molar-refractivity contribution in [3.05, 3.63) is 23.8 Å². The van der Waals surface area contributed by atoms with Crippen molar-refractivity contribution in [3.8, 4) is 11.5 Å². The van der Waals surface area contributed by atoms with Gasteiger partial charge in [-0.1, -0.05) is 6.07 Å². The minimum Gasteiger partial charge on any atom is -0.454 e. The molecule has 1 aromatic carbocycles. The van der Waals surface area contributed by atoms with Crippen molar-refractivity contribution in [1.29, 1.82) is 0 Å². The molecule has 0 saturated carbocycles. The first kappa shape index (κ1) is 16.1. The number of fused-ring (bicyclic) bond motifs is 1. The van der Waals surface area contributed by atoms with Gasteiger partial charge in [0.15, 0.2) is 11.5 Å². The number of nitrogens with zero attached hydrogens (tertiary/aromatic N) is 1. The zero-order valence-corrected chi connectivity index (χ0v) is 13.4. The summed E-state index contributed by atoms with van der Waals surface area (Å²) in [5.41, 5.74) is 1.09. The predicted octanol–water partition coefficient (Wildman–Crippen LogP) is 0.652. The second kappa shape index (κ2) is 6.64. The topological polar surface area (TPSA) is 67.9 Å². The molecule has 7 heteroatoms. The second-order valence-corrected chi connectivity index (χ2v) is 7.61. The van der Waals surface area contributed by atoms with Gasteiger partial charge in [-0.2, -0.15) is 0 Å². The molecular formula is C14H22N2O4S. The molecule has 1 unspecified atom stereocenters. The molecular weight excluding hydrogens is 292 g/mol. The number of hydrogen-bond donors (Lipinski definition) is 1. The van der Waals surface area contributed by atoms with Crippen molar-refractivity contribution in [2.24, 2.45) is 0 Å². The van der Waals surface area contributed by atoms with Crippen LogP contribution >= 0.6 is 0 Å². The summed E-state index contributed by atoms with van der Waals surface area (Å²) in [4.78, 5) is 2.01. The Balaban J connectivity index is 1.99. The Morgan fingerprint density at radius 3 is 2.71 bits per heavy atom. The van der Waals surface area contributed by atoms with Crippen molar-refractivity contribution in [2.45, 2.75) is 6.04 Å². The fourth-order valence-electron chi connectivity index (χ4n) is 2.22. The largest absolute Gasteiger partial charge is 0.454 e. The number of hydrogen-bond acceptors (Lipinski definition) is 6. The van der Waals surface area contributed by atoms with E-state index in [1.54, 1.807) is 0 Å². The van der Waals surface area contributed by atoms with Crippen LogP contribution < -0.4 is 14.8 Å². The standard InChI is InChI=1S/C14H22N2O4S/c1-15-12(9-16(2)6-7-21(3,17)18)11-4-5-13-14(8-11)20-10-19-13/h4-5,8,12,15H,6-7,9-10H2,1-3H3. The van der Waals surface area contributed by atoms with Gasteiger partial charge in [-0.05, 0) is 31.8 Å². The van der Waals surface area contributed by atoms with E-state index >= 15 is 0 Å². The van der Waals surface area contributed by atoms with Gasteiger partial charge in [0.25, 0.3) is 0 Å². The highest BCUT2D eigenvalue weighted by Crippen LogP contribution is 2.34. The molecule has 0 saturated heterocycles. The molecule has 0 amide bonds. The quantitative estimate of drug-likeness (QED) is 0.797. The van der Waals surface area contributed by atoms with Crippen molar-refractivity contribution >= 4 is 9.84 Å². The molecule has 1 heterocycles. The average molecular weight is 314 g/mol. The number of rotatable bonds is 7. The second-order valence-electron chi connectivity index (χ2n) is 5.35. The SMILES string of the molecule is CNC(CN(C)CCS(C)(=O)=O)c1ccc2c(c1)OCO2. The molecule has 1 aromatic rings. The van der Waals surface area contributed by atoms with Crippen molar-refractivity contribution in [3.63, 3.8) is 0 Å². The predicted molar refractivity (Wildman–Crippen MR) is 81.6 cm³/mol. The van der Waals surface area contributed by atoms with Gasteiger partial charge >= 0.3 is 0 Å². The highest BCUT2D eigenvalue weighted by Gasteiger charge is 2.18. The highest BCUT2D eigenvalue weighted by molar-refractivity contribution is 7.90. The molecule has 0 radical (unpaired) electrons. The minimum atomic E-state index is -2.93. The van der Waals surface area contributed by atoms with Gasteiger partial charge < -0.3 is 19.7 Å². The van der Waals surface area contributed by atoms with E-state index < -0.39 is 9.84 Å². The van der Waals surface area contributed by atoms with Crippen LogP contribution in [0.15, 0.2) is 18.2 Å². The first-order valence-corrected chi connectivity index (χ1v) is 8.88. The molecule has 0 spiro atoms. The van der Waals surface area contributed by atoms with Gasteiger partial charge in [0, 0.05) is 25.4 Å². The number of likely N-dealkylation sites (N-methyl/N-ethyl adjacent to an activating group) is 2. The zero-order valence-electron chi connectivity index (χ0n) is 12.6. The summed E-state index contributed by atoms with van der Waals surface area (Å²) >= 11 is 0. The lowest BCUT2D eigenvalue weighted by molar-refractivity contribution is 0.174. The fourth-order valence-corrected chi connectivity index (χ4v) is 2.86. The van der Waals surface area contributed by atoms with Crippen LogP contribution in [0, 0.1) is 0 Å². The summed E-state index contributed by atoms with van der Waals surface area (Å²) in [5.74, 6) is 1.69. The lowest BCUT2D eigenvalue weighted by Crippen LogP contribution is -2.34. The molecule has 6 nitrogen and oxygen atoms in total. The lowest BCUT2D eigenvalue weighted by Gasteiger charge is -2.24. The number of benzene rings is 1. The van der Waals surface area contributed by atoms with Crippen LogP contribution in [0.25, 0.3) is 0 Å². The molecule has 1 N–H and O–H groups in total. The highest BCUT2D eigenvalue weighted by atomic mass is 32.2. The monoisotopic (exact) mass is 314 g/mol. The van der Waals surface area contributed by atoms with Gasteiger partial charge in [0.1, 0.15) is 9.84 Å². The third kappa shape index (κ3) is 4.59. The summed E-state index contributed by atoms with van der Waals surface area (Å²) in [7, 11) is 0.875. The van der Waals surface area contributed by atoms with Crippen LogP contribution in [0.2, 0.25) is 0 Å². The zero-order chi connectivity index (χ0) is 15.5. The first-order chi connectivity index (χ1) is 9.89. The molecule has 118 valence electrons.